The molecular formula is C18H31IN4O3S. The predicted octanol–water partition coefficient (Wildman–Crippen LogP) is 2.50. The van der Waals surface area contributed by atoms with Gasteiger partial charge in [0.15, 0.2) is 5.96 Å². The van der Waals surface area contributed by atoms with E-state index in [1.807, 2.05) is 31.0 Å². The lowest BCUT2D eigenvalue weighted by atomic mass is 10.2. The molecule has 0 bridgehead atoms. The molecule has 0 heterocycles. The van der Waals surface area contributed by atoms with Crippen LogP contribution in [0.2, 0.25) is 0 Å². The number of nitrogens with zero attached hydrogens (tertiary/aromatic N) is 2. The highest BCUT2D eigenvalue weighted by atomic mass is 127. The van der Waals surface area contributed by atoms with Gasteiger partial charge in [0, 0.05) is 26.7 Å². The van der Waals surface area contributed by atoms with Gasteiger partial charge in [0.25, 0.3) is 0 Å². The van der Waals surface area contributed by atoms with Gasteiger partial charge in [-0.25, -0.2) is 13.4 Å². The lowest BCUT2D eigenvalue weighted by Crippen LogP contribution is -2.40. The summed E-state index contributed by atoms with van der Waals surface area (Å²) < 4.78 is 31.3. The second-order valence-corrected chi connectivity index (χ2v) is 8.39. The third-order valence-corrected chi connectivity index (χ3v) is 4.62. The zero-order chi connectivity index (χ0) is 19.0. The molecule has 1 aromatic carbocycles. The van der Waals surface area contributed by atoms with E-state index in [9.17, 15) is 8.42 Å². The molecule has 154 valence electrons. The van der Waals surface area contributed by atoms with Crippen molar-refractivity contribution >= 4 is 45.6 Å². The van der Waals surface area contributed by atoms with Crippen molar-refractivity contribution < 1.29 is 13.2 Å². The molecule has 7 nitrogen and oxygen atoms in total. The molecule has 1 saturated carbocycles. The molecule has 0 spiro atoms. The van der Waals surface area contributed by atoms with Crippen molar-refractivity contribution in [1.29, 1.82) is 0 Å². The van der Waals surface area contributed by atoms with Crippen molar-refractivity contribution in [3.8, 4) is 0 Å². The minimum absolute atomic E-state index is 0. The van der Waals surface area contributed by atoms with E-state index in [1.165, 1.54) is 12.8 Å². The topological polar surface area (TPSA) is 83.0 Å². The lowest BCUT2D eigenvalue weighted by molar-refractivity contribution is 0.115. The zero-order valence-corrected chi connectivity index (χ0v) is 19.4. The van der Waals surface area contributed by atoms with Crippen LogP contribution in [0.4, 0.5) is 5.69 Å². The van der Waals surface area contributed by atoms with Gasteiger partial charge in [0.2, 0.25) is 10.0 Å². The summed E-state index contributed by atoms with van der Waals surface area (Å²) in [6.07, 6.45) is 3.73. The number of halogens is 1. The molecule has 27 heavy (non-hydrogen) atoms. The quantitative estimate of drug-likeness (QED) is 0.219. The van der Waals surface area contributed by atoms with Gasteiger partial charge in [-0.05, 0) is 37.3 Å². The number of anilines is 1. The average Bonchev–Trinajstić information content (AvgIpc) is 3.39. The smallest absolute Gasteiger partial charge is 0.229 e. The maximum atomic E-state index is 11.5. The molecule has 0 atom stereocenters. The number of hydrogen-bond acceptors (Lipinski definition) is 4. The maximum absolute atomic E-state index is 11.5. The van der Waals surface area contributed by atoms with Crippen LogP contribution in [0.5, 0.6) is 0 Å². The summed E-state index contributed by atoms with van der Waals surface area (Å²) in [4.78, 5) is 6.67. The van der Waals surface area contributed by atoms with Gasteiger partial charge in [-0.1, -0.05) is 18.2 Å². The van der Waals surface area contributed by atoms with Crippen molar-refractivity contribution in [2.24, 2.45) is 10.9 Å². The normalized spacial score (nSPS) is 14.4. The van der Waals surface area contributed by atoms with Crippen LogP contribution in [0.25, 0.3) is 0 Å². The number of hydrogen-bond donors (Lipinski definition) is 2. The molecule has 0 radical (unpaired) electrons. The molecule has 2 rings (SSSR count). The van der Waals surface area contributed by atoms with Crippen LogP contribution in [0.15, 0.2) is 29.3 Å². The number of sulfonamides is 1. The fraction of sp³-hybridized carbons (Fsp3) is 0.611. The number of aliphatic imine (C=N–C) groups is 1. The van der Waals surface area contributed by atoms with Gasteiger partial charge in [0.05, 0.1) is 25.1 Å². The largest absolute Gasteiger partial charge is 0.379 e. The Kier molecular flexibility index (Phi) is 10.4. The average molecular weight is 510 g/mol. The van der Waals surface area contributed by atoms with Crippen LogP contribution in [0.3, 0.4) is 0 Å². The highest BCUT2D eigenvalue weighted by molar-refractivity contribution is 14.0. The van der Waals surface area contributed by atoms with Crippen molar-refractivity contribution in [3.63, 3.8) is 0 Å². The Hall–Kier alpha value is -1.07. The molecular weight excluding hydrogens is 479 g/mol. The van der Waals surface area contributed by atoms with Crippen molar-refractivity contribution in [2.75, 3.05) is 44.3 Å². The molecule has 9 heteroatoms. The molecule has 0 amide bonds. The first-order chi connectivity index (χ1) is 12.4. The molecule has 1 fully saturated rings. The number of ether oxygens (including phenoxy) is 1. The summed E-state index contributed by atoms with van der Waals surface area (Å²) in [5, 5.41) is 3.26. The SMILES string of the molecule is CCNC(=NCc1ccccc1NS(C)(=O)=O)N(C)CCOCC1CC1.I. The summed E-state index contributed by atoms with van der Waals surface area (Å²) in [6, 6.07) is 7.30. The Morgan fingerprint density at radius 3 is 2.67 bits per heavy atom. The standard InChI is InChI=1S/C18H30N4O3S.HI/c1-4-19-18(22(2)11-12-25-14-15-9-10-15)20-13-16-7-5-6-8-17(16)21-26(3,23)24;/h5-8,15,21H,4,9-14H2,1-3H3,(H,19,20);1H. The van der Waals surface area contributed by atoms with E-state index in [1.54, 1.807) is 12.1 Å². The lowest BCUT2D eigenvalue weighted by Gasteiger charge is -2.22. The second-order valence-electron chi connectivity index (χ2n) is 6.64. The Morgan fingerprint density at radius 2 is 2.04 bits per heavy atom. The summed E-state index contributed by atoms with van der Waals surface area (Å²) >= 11 is 0. The maximum Gasteiger partial charge on any atom is 0.229 e. The summed E-state index contributed by atoms with van der Waals surface area (Å²) in [5.41, 5.74) is 1.39. The molecule has 1 aliphatic carbocycles. The minimum Gasteiger partial charge on any atom is -0.379 e. The second kappa shape index (κ2) is 11.7. The Bertz CT molecular complexity index is 708. The Balaban J connectivity index is 0.00000364. The van der Waals surface area contributed by atoms with E-state index in [4.69, 9.17) is 4.74 Å². The summed E-state index contributed by atoms with van der Waals surface area (Å²) in [7, 11) is -1.35. The third kappa shape index (κ3) is 9.61. The van der Waals surface area contributed by atoms with E-state index in [0.717, 1.165) is 43.4 Å². The van der Waals surface area contributed by atoms with E-state index in [-0.39, 0.29) is 24.0 Å². The molecule has 0 unspecified atom stereocenters. The first-order valence-corrected chi connectivity index (χ1v) is 10.9. The van der Waals surface area contributed by atoms with Gasteiger partial charge in [-0.15, -0.1) is 24.0 Å². The fourth-order valence-corrected chi connectivity index (χ4v) is 3.03. The minimum atomic E-state index is -3.32. The van der Waals surface area contributed by atoms with E-state index >= 15 is 0 Å². The van der Waals surface area contributed by atoms with E-state index < -0.39 is 10.0 Å². The summed E-state index contributed by atoms with van der Waals surface area (Å²) in [6.45, 7) is 5.44. The molecule has 0 saturated heterocycles. The molecule has 0 aromatic heterocycles. The predicted molar refractivity (Wildman–Crippen MR) is 121 cm³/mol. The number of nitrogens with one attached hydrogen (secondary N) is 2. The number of rotatable bonds is 10. The third-order valence-electron chi connectivity index (χ3n) is 4.03. The molecule has 1 aromatic rings. The number of benzene rings is 1. The van der Waals surface area contributed by atoms with E-state index in [2.05, 4.69) is 15.0 Å². The number of likely N-dealkylation sites (N-methyl/N-ethyl adjacent to an activating group) is 1. The van der Waals surface area contributed by atoms with Crippen LogP contribution < -0.4 is 10.0 Å². The first-order valence-electron chi connectivity index (χ1n) is 9.02. The van der Waals surface area contributed by atoms with Crippen molar-refractivity contribution in [3.05, 3.63) is 29.8 Å². The molecule has 1 aliphatic rings. The molecule has 2 N–H and O–H groups in total. The monoisotopic (exact) mass is 510 g/mol. The highest BCUT2D eigenvalue weighted by Crippen LogP contribution is 2.28. The van der Waals surface area contributed by atoms with E-state index in [0.29, 0.717) is 18.8 Å². The van der Waals surface area contributed by atoms with Crippen LogP contribution in [-0.2, 0) is 21.3 Å². The molecule has 0 aliphatic heterocycles. The summed E-state index contributed by atoms with van der Waals surface area (Å²) in [5.74, 6) is 1.54. The van der Waals surface area contributed by atoms with Crippen LogP contribution >= 0.6 is 24.0 Å². The van der Waals surface area contributed by atoms with Crippen LogP contribution in [0.1, 0.15) is 25.3 Å². The van der Waals surface area contributed by atoms with Crippen molar-refractivity contribution in [2.45, 2.75) is 26.3 Å². The van der Waals surface area contributed by atoms with Gasteiger partial charge in [-0.3, -0.25) is 4.72 Å². The van der Waals surface area contributed by atoms with Gasteiger partial charge in [0.1, 0.15) is 0 Å². The van der Waals surface area contributed by atoms with Crippen molar-refractivity contribution in [1.82, 2.24) is 10.2 Å². The van der Waals surface area contributed by atoms with Gasteiger partial charge in [-0.2, -0.15) is 0 Å². The number of guanidine groups is 1. The zero-order valence-electron chi connectivity index (χ0n) is 16.3. The van der Waals surface area contributed by atoms with Crippen LogP contribution in [-0.4, -0.2) is 58.9 Å². The highest BCUT2D eigenvalue weighted by Gasteiger charge is 2.21. The number of para-hydroxylation sites is 1. The first kappa shape index (κ1) is 24.0. The fourth-order valence-electron chi connectivity index (χ4n) is 2.43. The van der Waals surface area contributed by atoms with Gasteiger partial charge < -0.3 is 15.0 Å². The Labute approximate surface area is 180 Å². The van der Waals surface area contributed by atoms with Gasteiger partial charge >= 0.3 is 0 Å². The Morgan fingerprint density at radius 1 is 1.33 bits per heavy atom. The van der Waals surface area contributed by atoms with Crippen LogP contribution in [0, 0.1) is 5.92 Å².